The van der Waals surface area contributed by atoms with Crippen molar-refractivity contribution in [3.63, 3.8) is 0 Å². The zero-order valence-electron chi connectivity index (χ0n) is 13.2. The Bertz CT molecular complexity index is 657. The third-order valence-corrected chi connectivity index (χ3v) is 3.14. The second kappa shape index (κ2) is 8.11. The molecule has 0 saturated carbocycles. The van der Waals surface area contributed by atoms with Gasteiger partial charge in [0.2, 0.25) is 0 Å². The monoisotopic (exact) mass is 320 g/mol. The van der Waals surface area contributed by atoms with E-state index in [9.17, 15) is 4.79 Å². The third-order valence-electron chi connectivity index (χ3n) is 3.14. The number of carboxylic acids is 1. The van der Waals surface area contributed by atoms with Crippen LogP contribution in [0, 0.1) is 0 Å². The number of rotatable bonds is 9. The molecular formula is C15H20N4O4. The lowest BCUT2D eigenvalue weighted by Crippen LogP contribution is -2.12. The number of tetrazole rings is 1. The Hall–Kier alpha value is -2.64. The average molecular weight is 320 g/mol. The van der Waals surface area contributed by atoms with Gasteiger partial charge in [0.15, 0.2) is 17.3 Å². The van der Waals surface area contributed by atoms with Gasteiger partial charge in [0.25, 0.3) is 0 Å². The van der Waals surface area contributed by atoms with Crippen molar-refractivity contribution in [2.24, 2.45) is 0 Å². The number of hydrogen-bond donors (Lipinski definition) is 1. The van der Waals surface area contributed by atoms with Crippen LogP contribution in [-0.2, 0) is 24.2 Å². The average Bonchev–Trinajstić information content (AvgIpc) is 2.94. The van der Waals surface area contributed by atoms with Gasteiger partial charge in [-0.2, -0.15) is 0 Å². The molecule has 0 aliphatic carbocycles. The van der Waals surface area contributed by atoms with Crippen LogP contribution < -0.4 is 9.47 Å². The number of carbonyl (C=O) groups is 1. The Morgan fingerprint density at radius 1 is 1.22 bits per heavy atom. The highest BCUT2D eigenvalue weighted by molar-refractivity contribution is 5.68. The van der Waals surface area contributed by atoms with Gasteiger partial charge in [0.1, 0.15) is 6.42 Å². The molecule has 0 fully saturated rings. The summed E-state index contributed by atoms with van der Waals surface area (Å²) < 4.78 is 12.6. The number of aromatic nitrogens is 4. The molecule has 1 heterocycles. The first kappa shape index (κ1) is 16.7. The third kappa shape index (κ3) is 4.67. The van der Waals surface area contributed by atoms with Gasteiger partial charge in [-0.25, -0.2) is 4.68 Å². The second-order valence-corrected chi connectivity index (χ2v) is 4.79. The topological polar surface area (TPSA) is 99.4 Å². The molecule has 0 unspecified atom stereocenters. The van der Waals surface area contributed by atoms with Crippen molar-refractivity contribution >= 4 is 5.97 Å². The van der Waals surface area contributed by atoms with E-state index in [4.69, 9.17) is 14.6 Å². The fourth-order valence-corrected chi connectivity index (χ4v) is 2.14. The van der Waals surface area contributed by atoms with Crippen LogP contribution in [-0.4, -0.2) is 44.5 Å². The van der Waals surface area contributed by atoms with Crippen molar-refractivity contribution in [2.45, 2.75) is 33.2 Å². The Kier molecular flexibility index (Phi) is 5.90. The lowest BCUT2D eigenvalue weighted by atomic mass is 10.1. The summed E-state index contributed by atoms with van der Waals surface area (Å²) in [6.45, 7) is 5.46. The molecule has 8 heteroatoms. The van der Waals surface area contributed by atoms with Gasteiger partial charge in [0, 0.05) is 6.54 Å². The van der Waals surface area contributed by atoms with E-state index in [0.29, 0.717) is 43.5 Å². The van der Waals surface area contributed by atoms with Gasteiger partial charge in [0.05, 0.1) is 13.2 Å². The van der Waals surface area contributed by atoms with Crippen LogP contribution in [0.25, 0.3) is 0 Å². The first-order valence-corrected chi connectivity index (χ1v) is 7.49. The summed E-state index contributed by atoms with van der Waals surface area (Å²) in [5.41, 5.74) is 1.04. The van der Waals surface area contributed by atoms with E-state index in [1.54, 1.807) is 0 Å². The van der Waals surface area contributed by atoms with Crippen LogP contribution in [0.2, 0.25) is 0 Å². The van der Waals surface area contributed by atoms with E-state index < -0.39 is 5.97 Å². The second-order valence-electron chi connectivity index (χ2n) is 4.79. The van der Waals surface area contributed by atoms with E-state index in [2.05, 4.69) is 15.5 Å². The molecule has 0 atom stereocenters. The highest BCUT2D eigenvalue weighted by Crippen LogP contribution is 2.28. The zero-order valence-corrected chi connectivity index (χ0v) is 13.2. The predicted octanol–water partition coefficient (Wildman–Crippen LogP) is 1.34. The number of ether oxygens (including phenoxy) is 2. The molecule has 0 saturated heterocycles. The van der Waals surface area contributed by atoms with Crippen LogP contribution in [0.15, 0.2) is 18.2 Å². The summed E-state index contributed by atoms with van der Waals surface area (Å²) in [6, 6.07) is 5.76. The largest absolute Gasteiger partial charge is 0.490 e. The highest BCUT2D eigenvalue weighted by atomic mass is 16.5. The summed E-state index contributed by atoms with van der Waals surface area (Å²) in [7, 11) is 0. The van der Waals surface area contributed by atoms with E-state index >= 15 is 0 Å². The number of aliphatic carboxylic acids is 1. The van der Waals surface area contributed by atoms with Crippen molar-refractivity contribution in [3.8, 4) is 11.5 Å². The molecule has 1 N–H and O–H groups in total. The summed E-state index contributed by atoms with van der Waals surface area (Å²) in [5, 5.41) is 19.9. The maximum absolute atomic E-state index is 10.8. The normalized spacial score (nSPS) is 10.5. The highest BCUT2D eigenvalue weighted by Gasteiger charge is 2.11. The van der Waals surface area contributed by atoms with Crippen molar-refractivity contribution < 1.29 is 19.4 Å². The number of benzene rings is 1. The summed E-state index contributed by atoms with van der Waals surface area (Å²) in [4.78, 5) is 10.8. The maximum Gasteiger partial charge on any atom is 0.311 e. The molecule has 1 aromatic heterocycles. The molecule has 0 spiro atoms. The first-order chi connectivity index (χ1) is 11.1. The molecule has 2 aromatic rings. The quantitative estimate of drug-likeness (QED) is 0.744. The van der Waals surface area contributed by atoms with Crippen molar-refractivity contribution in [1.82, 2.24) is 20.2 Å². The van der Waals surface area contributed by atoms with Crippen molar-refractivity contribution in [2.75, 3.05) is 13.2 Å². The summed E-state index contributed by atoms with van der Waals surface area (Å²) in [6.07, 6.45) is 0.463. The smallest absolute Gasteiger partial charge is 0.311 e. The molecule has 1 aromatic carbocycles. The van der Waals surface area contributed by atoms with Gasteiger partial charge in [-0.3, -0.25) is 4.79 Å². The van der Waals surface area contributed by atoms with Crippen LogP contribution in [0.3, 0.4) is 0 Å². The van der Waals surface area contributed by atoms with Crippen molar-refractivity contribution in [3.05, 3.63) is 29.6 Å². The van der Waals surface area contributed by atoms with Crippen LogP contribution in [0.1, 0.15) is 25.2 Å². The fourth-order valence-electron chi connectivity index (χ4n) is 2.14. The lowest BCUT2D eigenvalue weighted by Gasteiger charge is -2.12. The SMILES string of the molecule is CCOc1ccc(CCn2nnnc2CC(=O)O)cc1OCC. The molecule has 124 valence electrons. The number of hydrogen-bond acceptors (Lipinski definition) is 6. The van der Waals surface area contributed by atoms with E-state index in [0.717, 1.165) is 5.56 Å². The van der Waals surface area contributed by atoms with Crippen LogP contribution in [0.4, 0.5) is 0 Å². The first-order valence-electron chi connectivity index (χ1n) is 7.49. The lowest BCUT2D eigenvalue weighted by molar-refractivity contribution is -0.136. The minimum atomic E-state index is -0.958. The van der Waals surface area contributed by atoms with Gasteiger partial charge < -0.3 is 14.6 Å². The summed E-state index contributed by atoms with van der Waals surface area (Å²) in [5.74, 6) is 0.802. The van der Waals surface area contributed by atoms with E-state index in [1.807, 2.05) is 32.0 Å². The minimum Gasteiger partial charge on any atom is -0.490 e. The van der Waals surface area contributed by atoms with Gasteiger partial charge in [-0.1, -0.05) is 6.07 Å². The Morgan fingerprint density at radius 2 is 1.96 bits per heavy atom. The maximum atomic E-state index is 10.8. The van der Waals surface area contributed by atoms with Gasteiger partial charge in [-0.05, 0) is 48.4 Å². The molecule has 0 radical (unpaired) electrons. The standard InChI is InChI=1S/C15H20N4O4/c1-3-22-12-6-5-11(9-13(12)23-4-2)7-8-19-14(10-15(20)21)16-17-18-19/h5-6,9H,3-4,7-8,10H2,1-2H3,(H,20,21). The molecule has 0 aliphatic rings. The number of aryl methyl sites for hydroxylation is 2. The van der Waals surface area contributed by atoms with E-state index in [-0.39, 0.29) is 6.42 Å². The fraction of sp³-hybridized carbons (Fsp3) is 0.467. The predicted molar refractivity (Wildman–Crippen MR) is 81.6 cm³/mol. The van der Waals surface area contributed by atoms with Crippen LogP contribution >= 0.6 is 0 Å². The van der Waals surface area contributed by atoms with Crippen molar-refractivity contribution in [1.29, 1.82) is 0 Å². The molecule has 0 bridgehead atoms. The molecule has 2 rings (SSSR count). The Labute approximate surface area is 134 Å². The molecule has 0 aliphatic heterocycles. The minimum absolute atomic E-state index is 0.194. The molecule has 23 heavy (non-hydrogen) atoms. The zero-order chi connectivity index (χ0) is 16.7. The molecule has 0 amide bonds. The van der Waals surface area contributed by atoms with E-state index in [1.165, 1.54) is 4.68 Å². The van der Waals surface area contributed by atoms with Gasteiger partial charge >= 0.3 is 5.97 Å². The number of carboxylic acid groups (broad SMARTS) is 1. The Morgan fingerprint density at radius 3 is 2.65 bits per heavy atom. The summed E-state index contributed by atoms with van der Waals surface area (Å²) >= 11 is 0. The molecule has 8 nitrogen and oxygen atoms in total. The van der Waals surface area contributed by atoms with Crippen LogP contribution in [0.5, 0.6) is 11.5 Å². The molecular weight excluding hydrogens is 300 g/mol. The van der Waals surface area contributed by atoms with Gasteiger partial charge in [-0.15, -0.1) is 5.10 Å². The Balaban J connectivity index is 2.07. The number of nitrogens with zero attached hydrogens (tertiary/aromatic N) is 4.